The molecule has 2 nitrogen and oxygen atoms in total. The molecule has 0 saturated heterocycles. The Labute approximate surface area is 80.6 Å². The third-order valence-corrected chi connectivity index (χ3v) is 1.45. The normalized spacial score (nSPS) is 8.85. The van der Waals surface area contributed by atoms with Crippen LogP contribution in [0.15, 0.2) is 30.3 Å². The van der Waals surface area contributed by atoms with E-state index >= 15 is 0 Å². The highest BCUT2D eigenvalue weighted by Crippen LogP contribution is 2.00. The first-order valence-corrected chi connectivity index (χ1v) is 4.71. The number of quaternary nitrogens is 1. The van der Waals surface area contributed by atoms with E-state index < -0.39 is 0 Å². The average Bonchev–Trinajstić information content (AvgIpc) is 2.18. The van der Waals surface area contributed by atoms with Crippen molar-refractivity contribution in [3.63, 3.8) is 0 Å². The number of hydrogen-bond donors (Lipinski definition) is 1. The Morgan fingerprint density at radius 3 is 2.15 bits per heavy atom. The number of hydrogen-bond acceptors (Lipinski definition) is 1. The predicted octanol–water partition coefficient (Wildman–Crippen LogP) is -0.211. The third-order valence-electron chi connectivity index (χ3n) is 1.45. The van der Waals surface area contributed by atoms with Crippen LogP contribution in [0.1, 0.15) is 12.0 Å². The van der Waals surface area contributed by atoms with Gasteiger partial charge >= 0.3 is 0 Å². The maximum Gasteiger partial charge on any atom is 0.0647 e. The van der Waals surface area contributed by atoms with Gasteiger partial charge in [-0.2, -0.15) is 0 Å². The Morgan fingerprint density at radius 1 is 1.15 bits per heavy atom. The molecule has 0 aliphatic carbocycles. The van der Waals surface area contributed by atoms with Gasteiger partial charge in [0.1, 0.15) is 0 Å². The molecular formula is C11H19NO. The lowest BCUT2D eigenvalue weighted by Crippen LogP contribution is -2.74. The van der Waals surface area contributed by atoms with Crippen LogP contribution in [0.4, 0.5) is 0 Å². The molecule has 0 radical (unpaired) electrons. The Hall–Kier alpha value is -0.860. The van der Waals surface area contributed by atoms with Crippen LogP contribution in [0.5, 0.6) is 0 Å². The zero-order valence-electron chi connectivity index (χ0n) is 8.49. The van der Waals surface area contributed by atoms with E-state index in [4.69, 9.17) is 0 Å². The van der Waals surface area contributed by atoms with E-state index in [2.05, 4.69) is 12.1 Å². The second-order valence-corrected chi connectivity index (χ2v) is 2.87. The van der Waals surface area contributed by atoms with Gasteiger partial charge in [-0.3, -0.25) is 0 Å². The quantitative estimate of drug-likeness (QED) is 0.688. The molecule has 1 aromatic carbocycles. The molecule has 0 fully saturated rings. The number of nitrogens with two attached hydrogens (primary N) is 1. The van der Waals surface area contributed by atoms with Gasteiger partial charge in [0, 0.05) is 0 Å². The van der Waals surface area contributed by atoms with E-state index in [1.807, 2.05) is 37.6 Å². The highest BCUT2D eigenvalue weighted by molar-refractivity contribution is 5.14. The maximum absolute atomic E-state index is 10.1. The Kier molecular flexibility index (Phi) is 8.62. The van der Waals surface area contributed by atoms with Gasteiger partial charge in [0.05, 0.1) is 14.1 Å². The largest absolute Gasteiger partial charge is 0.854 e. The first-order valence-electron chi connectivity index (χ1n) is 4.71. The van der Waals surface area contributed by atoms with Crippen LogP contribution < -0.4 is 10.4 Å². The van der Waals surface area contributed by atoms with Crippen molar-refractivity contribution in [2.24, 2.45) is 0 Å². The summed E-state index contributed by atoms with van der Waals surface area (Å²) >= 11 is 0. The van der Waals surface area contributed by atoms with Crippen molar-refractivity contribution in [3.05, 3.63) is 35.9 Å². The van der Waals surface area contributed by atoms with E-state index in [0.29, 0.717) is 0 Å². The predicted molar refractivity (Wildman–Crippen MR) is 53.4 cm³/mol. The number of aryl methyl sites for hydroxylation is 1. The smallest absolute Gasteiger partial charge is 0.0647 e. The molecule has 74 valence electrons. The minimum Gasteiger partial charge on any atom is -0.854 e. The maximum atomic E-state index is 10.1. The van der Waals surface area contributed by atoms with Gasteiger partial charge in [-0.1, -0.05) is 36.8 Å². The summed E-state index contributed by atoms with van der Waals surface area (Å²) in [6.07, 6.45) is 1.67. The summed E-state index contributed by atoms with van der Waals surface area (Å²) in [4.78, 5) is 0. The van der Waals surface area contributed by atoms with Crippen LogP contribution in [0.25, 0.3) is 0 Å². The Morgan fingerprint density at radius 2 is 1.69 bits per heavy atom. The highest BCUT2D eigenvalue weighted by atomic mass is 16.2. The molecule has 0 bridgehead atoms. The Balaban J connectivity index is 0.000000424. The van der Waals surface area contributed by atoms with Crippen LogP contribution in [-0.2, 0) is 6.42 Å². The van der Waals surface area contributed by atoms with Crippen molar-refractivity contribution >= 4 is 0 Å². The average molecular weight is 181 g/mol. The molecule has 0 spiro atoms. The highest BCUT2D eigenvalue weighted by Gasteiger charge is 1.85. The van der Waals surface area contributed by atoms with Gasteiger partial charge < -0.3 is 10.4 Å². The molecular weight excluding hydrogens is 162 g/mol. The zero-order valence-corrected chi connectivity index (χ0v) is 8.49. The van der Waals surface area contributed by atoms with Crippen LogP contribution in [0.3, 0.4) is 0 Å². The van der Waals surface area contributed by atoms with Gasteiger partial charge in [0.15, 0.2) is 0 Å². The monoisotopic (exact) mass is 181 g/mol. The van der Waals surface area contributed by atoms with Crippen molar-refractivity contribution in [2.45, 2.75) is 12.8 Å². The van der Waals surface area contributed by atoms with Crippen molar-refractivity contribution in [3.8, 4) is 0 Å². The summed E-state index contributed by atoms with van der Waals surface area (Å²) in [5.41, 5.74) is 1.26. The lowest BCUT2D eigenvalue weighted by atomic mass is 10.1. The van der Waals surface area contributed by atoms with Crippen LogP contribution in [-0.4, -0.2) is 20.7 Å². The molecule has 1 aromatic rings. The molecule has 2 N–H and O–H groups in total. The SMILES string of the molecule is C[NH2+]C.[O-]CCCc1ccccc1. The molecule has 0 unspecified atom stereocenters. The summed E-state index contributed by atoms with van der Waals surface area (Å²) in [6.45, 7) is 0.0366. The molecule has 0 aliphatic heterocycles. The first kappa shape index (κ1) is 12.1. The van der Waals surface area contributed by atoms with Crippen molar-refractivity contribution in [1.29, 1.82) is 0 Å². The van der Waals surface area contributed by atoms with Crippen molar-refractivity contribution in [1.82, 2.24) is 0 Å². The second-order valence-electron chi connectivity index (χ2n) is 2.87. The third kappa shape index (κ3) is 7.50. The standard InChI is InChI=1S/C9H11O.C2H7N/c10-8-4-7-9-5-2-1-3-6-9;1-3-2/h1-3,5-6H,4,7-8H2;3H,1-2H3/q-1;/p+1. The minimum absolute atomic E-state index is 0.0366. The van der Waals surface area contributed by atoms with Gasteiger partial charge in [0.25, 0.3) is 0 Å². The van der Waals surface area contributed by atoms with Gasteiger partial charge in [0.2, 0.25) is 0 Å². The fourth-order valence-corrected chi connectivity index (χ4v) is 0.921. The molecule has 13 heavy (non-hydrogen) atoms. The number of benzene rings is 1. The second kappa shape index (κ2) is 9.23. The topological polar surface area (TPSA) is 39.7 Å². The number of rotatable bonds is 3. The van der Waals surface area contributed by atoms with Gasteiger partial charge in [-0.25, -0.2) is 0 Å². The molecule has 0 heterocycles. The van der Waals surface area contributed by atoms with E-state index in [1.165, 1.54) is 5.56 Å². The molecule has 0 saturated carbocycles. The molecule has 2 heteroatoms. The first-order chi connectivity index (χ1) is 6.35. The fraction of sp³-hybridized carbons (Fsp3) is 0.455. The van der Waals surface area contributed by atoms with Crippen molar-refractivity contribution < 1.29 is 10.4 Å². The molecule has 0 aliphatic rings. The summed E-state index contributed by atoms with van der Waals surface area (Å²) < 4.78 is 0. The minimum atomic E-state index is 0.0366. The lowest BCUT2D eigenvalue weighted by molar-refractivity contribution is -0.597. The van der Waals surface area contributed by atoms with Crippen LogP contribution >= 0.6 is 0 Å². The van der Waals surface area contributed by atoms with E-state index in [1.54, 1.807) is 0 Å². The fourth-order valence-electron chi connectivity index (χ4n) is 0.921. The van der Waals surface area contributed by atoms with Gasteiger partial charge in [-0.05, 0) is 12.0 Å². The lowest BCUT2D eigenvalue weighted by Gasteiger charge is -2.02. The molecule has 0 amide bonds. The van der Waals surface area contributed by atoms with Gasteiger partial charge in [-0.15, -0.1) is 6.61 Å². The summed E-state index contributed by atoms with van der Waals surface area (Å²) in [5, 5.41) is 12.1. The van der Waals surface area contributed by atoms with Crippen molar-refractivity contribution in [2.75, 3.05) is 20.7 Å². The van der Waals surface area contributed by atoms with E-state index in [-0.39, 0.29) is 6.61 Å². The van der Waals surface area contributed by atoms with Crippen LogP contribution in [0, 0.1) is 0 Å². The molecule has 0 aromatic heterocycles. The van der Waals surface area contributed by atoms with E-state index in [9.17, 15) is 5.11 Å². The zero-order chi connectivity index (χ0) is 9.94. The molecule has 0 atom stereocenters. The summed E-state index contributed by atoms with van der Waals surface area (Å²) in [6, 6.07) is 10.1. The summed E-state index contributed by atoms with van der Waals surface area (Å²) in [5.74, 6) is 0. The summed E-state index contributed by atoms with van der Waals surface area (Å²) in [7, 11) is 4.00. The molecule has 1 rings (SSSR count). The van der Waals surface area contributed by atoms with E-state index in [0.717, 1.165) is 12.8 Å². The Bertz CT molecular complexity index is 187. The van der Waals surface area contributed by atoms with Crippen LogP contribution in [0.2, 0.25) is 0 Å².